The van der Waals surface area contributed by atoms with Crippen LogP contribution in [0.15, 0.2) is 48.0 Å². The number of fused-ring (bicyclic) bond motifs is 1. The predicted molar refractivity (Wildman–Crippen MR) is 117 cm³/mol. The lowest BCUT2D eigenvalue weighted by Gasteiger charge is -2.28. The molecule has 1 amide bonds. The molecule has 31 heavy (non-hydrogen) atoms. The zero-order chi connectivity index (χ0) is 22.1. The first-order valence-electron chi connectivity index (χ1n) is 10.2. The van der Waals surface area contributed by atoms with Gasteiger partial charge >= 0.3 is 0 Å². The van der Waals surface area contributed by atoms with Crippen LogP contribution in [-0.4, -0.2) is 62.2 Å². The molecule has 7 heteroatoms. The van der Waals surface area contributed by atoms with Crippen molar-refractivity contribution < 1.29 is 24.2 Å². The van der Waals surface area contributed by atoms with Crippen LogP contribution in [0.3, 0.4) is 0 Å². The number of carbonyl (C=O) groups is 2. The van der Waals surface area contributed by atoms with Gasteiger partial charge in [0, 0.05) is 26.3 Å². The molecule has 7 nitrogen and oxygen atoms in total. The maximum absolute atomic E-state index is 13.1. The van der Waals surface area contributed by atoms with E-state index in [1.165, 1.54) is 4.90 Å². The summed E-state index contributed by atoms with van der Waals surface area (Å²) in [5.74, 6) is -0.788. The van der Waals surface area contributed by atoms with Crippen molar-refractivity contribution in [3.63, 3.8) is 0 Å². The van der Waals surface area contributed by atoms with E-state index in [1.807, 2.05) is 43.1 Å². The summed E-state index contributed by atoms with van der Waals surface area (Å²) < 4.78 is 10.8. The number of likely N-dealkylation sites (tertiary alicyclic amines) is 1. The molecule has 2 aromatic rings. The van der Waals surface area contributed by atoms with Crippen LogP contribution in [0.2, 0.25) is 0 Å². The van der Waals surface area contributed by atoms with E-state index in [0.717, 1.165) is 29.1 Å². The maximum Gasteiger partial charge on any atom is 0.295 e. The fourth-order valence-electron chi connectivity index (χ4n) is 4.17. The zero-order valence-corrected chi connectivity index (χ0v) is 17.9. The van der Waals surface area contributed by atoms with Gasteiger partial charge in [0.2, 0.25) is 0 Å². The Morgan fingerprint density at radius 2 is 2.00 bits per heavy atom. The minimum atomic E-state index is -0.691. The van der Waals surface area contributed by atoms with Gasteiger partial charge in [-0.25, -0.2) is 0 Å². The molecule has 1 fully saturated rings. The van der Waals surface area contributed by atoms with E-state index in [2.05, 4.69) is 0 Å². The van der Waals surface area contributed by atoms with E-state index >= 15 is 0 Å². The molecule has 0 spiro atoms. The Morgan fingerprint density at radius 3 is 2.74 bits per heavy atom. The molecule has 2 aliphatic rings. The Labute approximate surface area is 181 Å². The van der Waals surface area contributed by atoms with Crippen molar-refractivity contribution in [3.8, 4) is 5.75 Å². The summed E-state index contributed by atoms with van der Waals surface area (Å²) in [6.07, 6.45) is 0. The van der Waals surface area contributed by atoms with Gasteiger partial charge in [0.1, 0.15) is 18.1 Å². The Balaban J connectivity index is 1.86. The number of ketones is 1. The lowest BCUT2D eigenvalue weighted by Crippen LogP contribution is -2.33. The third kappa shape index (κ3) is 3.65. The largest absolute Gasteiger partial charge is 0.507 e. The van der Waals surface area contributed by atoms with Gasteiger partial charge in [0.25, 0.3) is 11.7 Å². The second-order valence-electron chi connectivity index (χ2n) is 7.79. The van der Waals surface area contributed by atoms with E-state index in [1.54, 1.807) is 25.3 Å². The number of ether oxygens (including phenoxy) is 2. The number of Topliss-reactive ketones (excluding diaryl/α,β-unsaturated/α-hetero) is 1. The normalized spacial score (nSPS) is 20.0. The Hall–Kier alpha value is -3.32. The van der Waals surface area contributed by atoms with Crippen LogP contribution in [0.5, 0.6) is 5.75 Å². The molecule has 0 saturated carbocycles. The number of methoxy groups -OCH3 is 1. The molecule has 1 atom stereocenters. The maximum atomic E-state index is 13.1. The number of nitrogens with zero attached hydrogens (tertiary/aromatic N) is 2. The van der Waals surface area contributed by atoms with Gasteiger partial charge in [-0.05, 0) is 36.2 Å². The number of benzene rings is 2. The van der Waals surface area contributed by atoms with E-state index in [-0.39, 0.29) is 24.5 Å². The highest BCUT2D eigenvalue weighted by Gasteiger charge is 2.46. The predicted octanol–water partition coefficient (Wildman–Crippen LogP) is 2.89. The topological polar surface area (TPSA) is 79.3 Å². The third-order valence-electron chi connectivity index (χ3n) is 5.89. The van der Waals surface area contributed by atoms with Crippen LogP contribution in [0, 0.1) is 6.92 Å². The fraction of sp³-hybridized carbons (Fsp3) is 0.333. The average molecular weight is 422 g/mol. The summed E-state index contributed by atoms with van der Waals surface area (Å²) in [6, 6.07) is 12.2. The van der Waals surface area contributed by atoms with Crippen LogP contribution < -0.4 is 9.64 Å². The smallest absolute Gasteiger partial charge is 0.295 e. The van der Waals surface area contributed by atoms with Crippen LogP contribution in [0.4, 0.5) is 5.69 Å². The zero-order valence-electron chi connectivity index (χ0n) is 17.9. The van der Waals surface area contributed by atoms with E-state index in [4.69, 9.17) is 9.47 Å². The third-order valence-corrected chi connectivity index (χ3v) is 5.89. The number of hydrogen-bond donors (Lipinski definition) is 1. The van der Waals surface area contributed by atoms with Crippen molar-refractivity contribution >= 4 is 23.1 Å². The van der Waals surface area contributed by atoms with Gasteiger partial charge in [-0.1, -0.05) is 24.3 Å². The molecule has 1 unspecified atom stereocenters. The average Bonchev–Trinajstić information content (AvgIpc) is 3.02. The van der Waals surface area contributed by atoms with E-state index < -0.39 is 17.7 Å². The van der Waals surface area contributed by atoms with Crippen molar-refractivity contribution in [2.75, 3.05) is 45.4 Å². The molecule has 2 aliphatic heterocycles. The molecule has 4 rings (SSSR count). The van der Waals surface area contributed by atoms with Crippen LogP contribution >= 0.6 is 0 Å². The molecule has 2 aromatic carbocycles. The molecular weight excluding hydrogens is 396 g/mol. The summed E-state index contributed by atoms with van der Waals surface area (Å²) >= 11 is 0. The monoisotopic (exact) mass is 422 g/mol. The number of likely N-dealkylation sites (N-methyl/N-ethyl adjacent to an activating group) is 1. The van der Waals surface area contributed by atoms with Gasteiger partial charge in [-0.3, -0.25) is 9.59 Å². The Bertz CT molecular complexity index is 1060. The number of aliphatic hydroxyl groups is 1. The fourth-order valence-corrected chi connectivity index (χ4v) is 4.17. The summed E-state index contributed by atoms with van der Waals surface area (Å²) in [5, 5.41) is 11.3. The molecule has 1 saturated heterocycles. The Morgan fingerprint density at radius 1 is 1.23 bits per heavy atom. The minimum Gasteiger partial charge on any atom is -0.507 e. The first-order chi connectivity index (χ1) is 14.9. The standard InChI is InChI=1S/C24H26N2O5/c1-15-6-4-5-7-17(15)21-20(23(28)24(29)26(21)11-12-30-3)22(27)16-8-9-19-18(14-16)25(2)10-13-31-19/h4-9,14,21,27H,10-13H2,1-3H3/b22-20+. The molecule has 162 valence electrons. The molecule has 0 bridgehead atoms. The number of hydrogen-bond acceptors (Lipinski definition) is 6. The minimum absolute atomic E-state index is 0.0923. The lowest BCUT2D eigenvalue weighted by atomic mass is 9.92. The number of carbonyl (C=O) groups excluding carboxylic acids is 2. The highest BCUT2D eigenvalue weighted by Crippen LogP contribution is 2.41. The van der Waals surface area contributed by atoms with Gasteiger partial charge in [-0.15, -0.1) is 0 Å². The number of anilines is 1. The van der Waals surface area contributed by atoms with Gasteiger partial charge in [0.15, 0.2) is 0 Å². The molecule has 2 heterocycles. The first-order valence-corrected chi connectivity index (χ1v) is 10.2. The Kier molecular flexibility index (Phi) is 5.69. The van der Waals surface area contributed by atoms with Crippen molar-refractivity contribution in [1.29, 1.82) is 0 Å². The molecular formula is C24H26N2O5. The number of rotatable bonds is 5. The lowest BCUT2D eigenvalue weighted by molar-refractivity contribution is -0.140. The van der Waals surface area contributed by atoms with Crippen LogP contribution in [0.1, 0.15) is 22.7 Å². The summed E-state index contributed by atoms with van der Waals surface area (Å²) in [5.41, 5.74) is 3.13. The highest BCUT2D eigenvalue weighted by atomic mass is 16.5. The van der Waals surface area contributed by atoms with Gasteiger partial charge < -0.3 is 24.4 Å². The number of aryl methyl sites for hydroxylation is 1. The molecule has 0 aromatic heterocycles. The van der Waals surface area contributed by atoms with Gasteiger partial charge in [0.05, 0.1) is 30.5 Å². The molecule has 0 radical (unpaired) electrons. The van der Waals surface area contributed by atoms with Gasteiger partial charge in [-0.2, -0.15) is 0 Å². The van der Waals surface area contributed by atoms with Crippen molar-refractivity contribution in [2.24, 2.45) is 0 Å². The first kappa shape index (κ1) is 20.9. The number of aliphatic hydroxyl groups excluding tert-OH is 1. The number of amides is 1. The van der Waals surface area contributed by atoms with Crippen LogP contribution in [0.25, 0.3) is 5.76 Å². The summed E-state index contributed by atoms with van der Waals surface area (Å²) in [4.78, 5) is 29.5. The molecule has 0 aliphatic carbocycles. The van der Waals surface area contributed by atoms with Crippen molar-refractivity contribution in [3.05, 3.63) is 64.7 Å². The quantitative estimate of drug-likeness (QED) is 0.454. The molecule has 1 N–H and O–H groups in total. The van der Waals surface area contributed by atoms with Crippen LogP contribution in [-0.2, 0) is 14.3 Å². The highest BCUT2D eigenvalue weighted by molar-refractivity contribution is 6.46. The second kappa shape index (κ2) is 8.43. The second-order valence-corrected chi connectivity index (χ2v) is 7.79. The van der Waals surface area contributed by atoms with Crippen molar-refractivity contribution in [1.82, 2.24) is 4.90 Å². The van der Waals surface area contributed by atoms with E-state index in [0.29, 0.717) is 12.2 Å². The SMILES string of the molecule is COCCN1C(=O)C(=O)/C(=C(/O)c2ccc3c(c2)N(C)CCO3)C1c1ccccc1C. The summed E-state index contributed by atoms with van der Waals surface area (Å²) in [7, 11) is 3.49. The summed E-state index contributed by atoms with van der Waals surface area (Å²) in [6.45, 7) is 3.78. The van der Waals surface area contributed by atoms with E-state index in [9.17, 15) is 14.7 Å². The van der Waals surface area contributed by atoms with Crippen molar-refractivity contribution in [2.45, 2.75) is 13.0 Å².